The molecule has 0 spiro atoms. The first-order chi connectivity index (χ1) is 8.93. The standard InChI is InChI=1S/C13H19ClN2O2S/c1-10(15)11-6-8-16(9-7-11)19(17,18)13-5-3-2-4-12(13)14/h2-5,10-11H,6-9,15H2,1H3. The Morgan fingerprint density at radius 3 is 2.42 bits per heavy atom. The third-order valence-electron chi connectivity index (χ3n) is 3.70. The Balaban J connectivity index is 2.17. The van der Waals surface area contributed by atoms with Crippen LogP contribution in [-0.2, 0) is 10.0 Å². The minimum Gasteiger partial charge on any atom is -0.328 e. The van der Waals surface area contributed by atoms with Crippen LogP contribution in [0.1, 0.15) is 19.8 Å². The van der Waals surface area contributed by atoms with Gasteiger partial charge in [0, 0.05) is 19.1 Å². The van der Waals surface area contributed by atoms with E-state index < -0.39 is 10.0 Å². The predicted octanol–water partition coefficient (Wildman–Crippen LogP) is 2.09. The number of halogens is 1. The first-order valence-electron chi connectivity index (χ1n) is 6.43. The zero-order chi connectivity index (χ0) is 14.0. The maximum absolute atomic E-state index is 12.5. The molecular formula is C13H19ClN2O2S. The molecule has 0 bridgehead atoms. The van der Waals surface area contributed by atoms with E-state index >= 15 is 0 Å². The second-order valence-electron chi connectivity index (χ2n) is 5.03. The van der Waals surface area contributed by atoms with Crippen molar-refractivity contribution in [1.29, 1.82) is 0 Å². The molecule has 1 fully saturated rings. The van der Waals surface area contributed by atoms with Crippen LogP contribution in [0.5, 0.6) is 0 Å². The van der Waals surface area contributed by atoms with E-state index in [2.05, 4.69) is 0 Å². The fourth-order valence-electron chi connectivity index (χ4n) is 2.43. The molecule has 0 radical (unpaired) electrons. The van der Waals surface area contributed by atoms with Gasteiger partial charge in [-0.05, 0) is 37.8 Å². The predicted molar refractivity (Wildman–Crippen MR) is 76.6 cm³/mol. The Morgan fingerprint density at radius 2 is 1.89 bits per heavy atom. The van der Waals surface area contributed by atoms with Crippen LogP contribution < -0.4 is 5.73 Å². The van der Waals surface area contributed by atoms with Crippen LogP contribution in [0.2, 0.25) is 5.02 Å². The maximum atomic E-state index is 12.5. The molecule has 0 aromatic heterocycles. The van der Waals surface area contributed by atoms with Crippen LogP contribution in [-0.4, -0.2) is 31.9 Å². The van der Waals surface area contributed by atoms with Crippen molar-refractivity contribution in [2.24, 2.45) is 11.7 Å². The van der Waals surface area contributed by atoms with E-state index in [1.165, 1.54) is 4.31 Å². The molecule has 4 nitrogen and oxygen atoms in total. The van der Waals surface area contributed by atoms with Gasteiger partial charge in [0.25, 0.3) is 0 Å². The SMILES string of the molecule is CC(N)C1CCN(S(=O)(=O)c2ccccc2Cl)CC1. The Labute approximate surface area is 119 Å². The van der Waals surface area contributed by atoms with E-state index in [1.54, 1.807) is 24.3 Å². The maximum Gasteiger partial charge on any atom is 0.244 e. The number of nitrogens with zero attached hydrogens (tertiary/aromatic N) is 1. The largest absolute Gasteiger partial charge is 0.328 e. The molecule has 1 aromatic rings. The van der Waals surface area contributed by atoms with Crippen LogP contribution >= 0.6 is 11.6 Å². The number of sulfonamides is 1. The van der Waals surface area contributed by atoms with Crippen LogP contribution in [0.3, 0.4) is 0 Å². The molecule has 2 N–H and O–H groups in total. The van der Waals surface area contributed by atoms with Crippen LogP contribution in [0.25, 0.3) is 0 Å². The molecule has 1 unspecified atom stereocenters. The lowest BCUT2D eigenvalue weighted by Gasteiger charge is -2.33. The molecule has 106 valence electrons. The molecule has 1 aliphatic heterocycles. The van der Waals surface area contributed by atoms with Crippen molar-refractivity contribution in [3.63, 3.8) is 0 Å². The minimum absolute atomic E-state index is 0.116. The summed E-state index contributed by atoms with van der Waals surface area (Å²) in [6.45, 7) is 3.00. The lowest BCUT2D eigenvalue weighted by Crippen LogP contribution is -2.42. The number of hydrogen-bond donors (Lipinski definition) is 1. The van der Waals surface area contributed by atoms with Crippen LogP contribution in [0.15, 0.2) is 29.2 Å². The van der Waals surface area contributed by atoms with Gasteiger partial charge >= 0.3 is 0 Å². The molecule has 1 aromatic carbocycles. The minimum atomic E-state index is -3.48. The van der Waals surface area contributed by atoms with Crippen molar-refractivity contribution in [3.8, 4) is 0 Å². The number of piperidine rings is 1. The summed E-state index contributed by atoms with van der Waals surface area (Å²) in [6, 6.07) is 6.68. The summed E-state index contributed by atoms with van der Waals surface area (Å²) in [5, 5.41) is 0.275. The van der Waals surface area contributed by atoms with Crippen molar-refractivity contribution in [2.75, 3.05) is 13.1 Å². The number of rotatable bonds is 3. The summed E-state index contributed by atoms with van der Waals surface area (Å²) >= 11 is 5.98. The van der Waals surface area contributed by atoms with E-state index in [1.807, 2.05) is 6.92 Å². The Hall–Kier alpha value is -0.620. The summed E-state index contributed by atoms with van der Waals surface area (Å²) in [7, 11) is -3.48. The zero-order valence-electron chi connectivity index (χ0n) is 10.9. The quantitative estimate of drug-likeness (QED) is 0.930. The first kappa shape index (κ1) is 14.8. The Kier molecular flexibility index (Phi) is 4.50. The number of nitrogens with two attached hydrogens (primary N) is 1. The molecule has 0 aliphatic carbocycles. The van der Waals surface area contributed by atoms with Gasteiger partial charge in [0.2, 0.25) is 10.0 Å². The van der Waals surface area contributed by atoms with Crippen molar-refractivity contribution >= 4 is 21.6 Å². The molecule has 1 atom stereocenters. The molecule has 1 aliphatic rings. The average Bonchev–Trinajstić information content (AvgIpc) is 2.39. The fourth-order valence-corrected chi connectivity index (χ4v) is 4.40. The molecule has 6 heteroatoms. The van der Waals surface area contributed by atoms with Gasteiger partial charge in [0.05, 0.1) is 5.02 Å². The summed E-state index contributed by atoms with van der Waals surface area (Å²) in [5.41, 5.74) is 5.87. The van der Waals surface area contributed by atoms with Crippen molar-refractivity contribution in [2.45, 2.75) is 30.7 Å². The van der Waals surface area contributed by atoms with Gasteiger partial charge in [-0.3, -0.25) is 0 Å². The Bertz CT molecular complexity index is 537. The molecule has 2 rings (SSSR count). The van der Waals surface area contributed by atoms with Gasteiger partial charge in [-0.25, -0.2) is 8.42 Å². The molecule has 19 heavy (non-hydrogen) atoms. The van der Waals surface area contributed by atoms with E-state index in [-0.39, 0.29) is 16.0 Å². The van der Waals surface area contributed by atoms with Gasteiger partial charge in [-0.1, -0.05) is 23.7 Å². The second kappa shape index (κ2) is 5.79. The summed E-state index contributed by atoms with van der Waals surface area (Å²) < 4.78 is 26.5. The van der Waals surface area contributed by atoms with Crippen LogP contribution in [0.4, 0.5) is 0 Å². The molecule has 1 heterocycles. The Morgan fingerprint density at radius 1 is 1.32 bits per heavy atom. The number of benzene rings is 1. The van der Waals surface area contributed by atoms with E-state index in [0.29, 0.717) is 19.0 Å². The second-order valence-corrected chi connectivity index (χ2v) is 7.34. The van der Waals surface area contributed by atoms with E-state index in [9.17, 15) is 8.42 Å². The topological polar surface area (TPSA) is 63.4 Å². The van der Waals surface area contributed by atoms with Gasteiger partial charge in [0.1, 0.15) is 4.90 Å². The third kappa shape index (κ3) is 3.11. The highest BCUT2D eigenvalue weighted by Crippen LogP contribution is 2.28. The summed E-state index contributed by atoms with van der Waals surface area (Å²) in [6.07, 6.45) is 1.61. The van der Waals surface area contributed by atoms with Gasteiger partial charge < -0.3 is 5.73 Å². The third-order valence-corrected chi connectivity index (χ3v) is 6.10. The van der Waals surface area contributed by atoms with Gasteiger partial charge in [-0.15, -0.1) is 0 Å². The van der Waals surface area contributed by atoms with E-state index in [0.717, 1.165) is 12.8 Å². The highest BCUT2D eigenvalue weighted by molar-refractivity contribution is 7.89. The molecule has 0 saturated carbocycles. The first-order valence-corrected chi connectivity index (χ1v) is 8.25. The van der Waals surface area contributed by atoms with Crippen LogP contribution in [0, 0.1) is 5.92 Å². The lowest BCUT2D eigenvalue weighted by molar-refractivity contribution is 0.251. The smallest absolute Gasteiger partial charge is 0.244 e. The normalized spacial score (nSPS) is 20.4. The molecular weight excluding hydrogens is 284 g/mol. The van der Waals surface area contributed by atoms with Gasteiger partial charge in [0.15, 0.2) is 0 Å². The zero-order valence-corrected chi connectivity index (χ0v) is 12.5. The van der Waals surface area contributed by atoms with Gasteiger partial charge in [-0.2, -0.15) is 4.31 Å². The average molecular weight is 303 g/mol. The van der Waals surface area contributed by atoms with Crippen molar-refractivity contribution in [1.82, 2.24) is 4.31 Å². The fraction of sp³-hybridized carbons (Fsp3) is 0.538. The number of hydrogen-bond acceptors (Lipinski definition) is 3. The molecule has 1 saturated heterocycles. The lowest BCUT2D eigenvalue weighted by atomic mass is 9.92. The van der Waals surface area contributed by atoms with E-state index in [4.69, 9.17) is 17.3 Å². The van der Waals surface area contributed by atoms with Crippen molar-refractivity contribution in [3.05, 3.63) is 29.3 Å². The monoisotopic (exact) mass is 302 g/mol. The summed E-state index contributed by atoms with van der Waals surface area (Å²) in [4.78, 5) is 0.191. The highest BCUT2D eigenvalue weighted by Gasteiger charge is 2.31. The highest BCUT2D eigenvalue weighted by atomic mass is 35.5. The molecule has 0 amide bonds. The van der Waals surface area contributed by atoms with Crippen molar-refractivity contribution < 1.29 is 8.42 Å². The summed E-state index contributed by atoms with van der Waals surface area (Å²) in [5.74, 6) is 0.401.